The highest BCUT2D eigenvalue weighted by Gasteiger charge is 2.13. The van der Waals surface area contributed by atoms with Crippen molar-refractivity contribution in [2.45, 2.75) is 6.42 Å². The second kappa shape index (κ2) is 3.91. The van der Waals surface area contributed by atoms with Gasteiger partial charge >= 0.3 is 0 Å². The van der Waals surface area contributed by atoms with Gasteiger partial charge in [0.05, 0.1) is 0 Å². The molecule has 0 atom stereocenters. The monoisotopic (exact) mass is 270 g/mol. The zero-order chi connectivity index (χ0) is 11.0. The largest absolute Gasteiger partial charge is 0.0622 e. The fraction of sp³-hybridized carbons (Fsp3) is 0.0667. The van der Waals surface area contributed by atoms with Gasteiger partial charge in [0.25, 0.3) is 0 Å². The maximum atomic E-state index is 3.51. The Morgan fingerprint density at radius 2 is 1.75 bits per heavy atom. The van der Waals surface area contributed by atoms with Gasteiger partial charge in [-0.1, -0.05) is 58.4 Å². The van der Waals surface area contributed by atoms with E-state index in [9.17, 15) is 0 Å². The molecule has 1 heteroatoms. The summed E-state index contributed by atoms with van der Waals surface area (Å²) in [5, 5.41) is 0. The molecule has 0 N–H and O–H groups in total. The molecule has 0 saturated carbocycles. The van der Waals surface area contributed by atoms with Gasteiger partial charge in [-0.25, -0.2) is 0 Å². The molecule has 0 spiro atoms. The van der Waals surface area contributed by atoms with Gasteiger partial charge < -0.3 is 0 Å². The van der Waals surface area contributed by atoms with Gasteiger partial charge in [-0.3, -0.25) is 0 Å². The highest BCUT2D eigenvalue weighted by atomic mass is 79.9. The first-order valence-corrected chi connectivity index (χ1v) is 6.17. The Hall–Kier alpha value is -1.34. The third-order valence-electron chi connectivity index (χ3n) is 2.96. The van der Waals surface area contributed by atoms with Crippen molar-refractivity contribution in [3.05, 3.63) is 69.7 Å². The fourth-order valence-corrected chi connectivity index (χ4v) is 2.52. The highest BCUT2D eigenvalue weighted by molar-refractivity contribution is 9.10. The third kappa shape index (κ3) is 1.72. The van der Waals surface area contributed by atoms with Crippen molar-refractivity contribution < 1.29 is 0 Å². The topological polar surface area (TPSA) is 0 Å². The molecule has 0 unspecified atom stereocenters. The lowest BCUT2D eigenvalue weighted by Crippen LogP contribution is -1.84. The van der Waals surface area contributed by atoms with Gasteiger partial charge in [-0.05, 0) is 40.8 Å². The molecule has 0 saturated heterocycles. The molecule has 0 heterocycles. The van der Waals surface area contributed by atoms with E-state index in [0.29, 0.717) is 0 Å². The van der Waals surface area contributed by atoms with Crippen LogP contribution in [0.15, 0.2) is 53.0 Å². The molecule has 0 bridgehead atoms. The van der Waals surface area contributed by atoms with Crippen LogP contribution in [0.2, 0.25) is 0 Å². The van der Waals surface area contributed by atoms with Crippen molar-refractivity contribution in [2.24, 2.45) is 0 Å². The number of hydrogen-bond acceptors (Lipinski definition) is 0. The van der Waals surface area contributed by atoms with E-state index in [2.05, 4.69) is 70.5 Å². The minimum Gasteiger partial charge on any atom is -0.0622 e. The summed E-state index contributed by atoms with van der Waals surface area (Å²) in [6.45, 7) is 0. The molecule has 0 aliphatic heterocycles. The summed E-state index contributed by atoms with van der Waals surface area (Å²) in [5.41, 5.74) is 5.50. The Labute approximate surface area is 104 Å². The van der Waals surface area contributed by atoms with E-state index >= 15 is 0 Å². The zero-order valence-electron chi connectivity index (χ0n) is 8.78. The Morgan fingerprint density at radius 1 is 0.938 bits per heavy atom. The predicted octanol–water partition coefficient (Wildman–Crippen LogP) is 4.55. The van der Waals surface area contributed by atoms with Crippen LogP contribution in [0.1, 0.15) is 16.7 Å². The van der Waals surface area contributed by atoms with E-state index in [-0.39, 0.29) is 0 Å². The first-order valence-electron chi connectivity index (χ1n) is 5.37. The smallest absolute Gasteiger partial charge is 0.0181 e. The number of halogens is 1. The number of hydrogen-bond donors (Lipinski definition) is 0. The minimum atomic E-state index is 1.05. The summed E-state index contributed by atoms with van der Waals surface area (Å²) in [5.74, 6) is 0. The van der Waals surface area contributed by atoms with E-state index < -0.39 is 0 Å². The van der Waals surface area contributed by atoms with Crippen LogP contribution in [0, 0.1) is 0 Å². The molecule has 16 heavy (non-hydrogen) atoms. The fourth-order valence-electron chi connectivity index (χ4n) is 2.14. The Morgan fingerprint density at radius 3 is 2.56 bits per heavy atom. The van der Waals surface area contributed by atoms with Crippen LogP contribution in [0.3, 0.4) is 0 Å². The van der Waals surface area contributed by atoms with E-state index in [1.807, 2.05) is 0 Å². The summed E-state index contributed by atoms with van der Waals surface area (Å²) < 4.78 is 1.15. The Bertz CT molecular complexity index is 553. The molecule has 78 valence electrons. The van der Waals surface area contributed by atoms with Crippen LogP contribution in [-0.2, 0) is 6.42 Å². The Kier molecular flexibility index (Phi) is 2.41. The number of benzene rings is 2. The second-order valence-corrected chi connectivity index (χ2v) is 4.97. The van der Waals surface area contributed by atoms with Gasteiger partial charge in [0.1, 0.15) is 0 Å². The Balaban J connectivity index is 2.02. The van der Waals surface area contributed by atoms with E-state index in [1.165, 1.54) is 22.3 Å². The SMILES string of the molecule is Brc1ccc2c(c1)C=C(c1ccccc1)C2. The van der Waals surface area contributed by atoms with Crippen LogP contribution in [-0.4, -0.2) is 0 Å². The van der Waals surface area contributed by atoms with Gasteiger partial charge in [0, 0.05) is 4.47 Å². The average Bonchev–Trinajstić information content (AvgIpc) is 2.73. The molecule has 0 aromatic heterocycles. The van der Waals surface area contributed by atoms with Crippen LogP contribution in [0.25, 0.3) is 11.6 Å². The second-order valence-electron chi connectivity index (χ2n) is 4.06. The average molecular weight is 271 g/mol. The van der Waals surface area contributed by atoms with Gasteiger partial charge in [0.15, 0.2) is 0 Å². The lowest BCUT2D eigenvalue weighted by molar-refractivity contribution is 1.31. The van der Waals surface area contributed by atoms with Crippen LogP contribution in [0.5, 0.6) is 0 Å². The first kappa shape index (κ1) is 9.86. The minimum absolute atomic E-state index is 1.05. The number of allylic oxidation sites excluding steroid dienone is 1. The van der Waals surface area contributed by atoms with Gasteiger partial charge in [0.2, 0.25) is 0 Å². The standard InChI is InChI=1S/C15H11Br/c16-15-7-6-12-8-13(9-14(12)10-15)11-4-2-1-3-5-11/h1-7,9-10H,8H2. The zero-order valence-corrected chi connectivity index (χ0v) is 10.4. The summed E-state index contributed by atoms with van der Waals surface area (Å²) in [6, 6.07) is 17.1. The van der Waals surface area contributed by atoms with Crippen molar-refractivity contribution in [2.75, 3.05) is 0 Å². The number of rotatable bonds is 1. The molecule has 0 nitrogen and oxygen atoms in total. The van der Waals surface area contributed by atoms with Crippen molar-refractivity contribution in [1.29, 1.82) is 0 Å². The first-order chi connectivity index (χ1) is 7.83. The quantitative estimate of drug-likeness (QED) is 0.714. The molecule has 3 rings (SSSR count). The molecule has 1 aliphatic rings. The van der Waals surface area contributed by atoms with Gasteiger partial charge in [-0.2, -0.15) is 0 Å². The summed E-state index contributed by atoms with van der Waals surface area (Å²) in [4.78, 5) is 0. The highest BCUT2D eigenvalue weighted by Crippen LogP contribution is 2.32. The van der Waals surface area contributed by atoms with Gasteiger partial charge in [-0.15, -0.1) is 0 Å². The molecule has 2 aromatic rings. The molecule has 0 fully saturated rings. The van der Waals surface area contributed by atoms with Crippen LogP contribution < -0.4 is 0 Å². The maximum Gasteiger partial charge on any atom is 0.0181 e. The normalized spacial score (nSPS) is 13.4. The van der Waals surface area contributed by atoms with Crippen LogP contribution >= 0.6 is 15.9 Å². The maximum absolute atomic E-state index is 3.51. The van der Waals surface area contributed by atoms with Crippen molar-refractivity contribution in [3.8, 4) is 0 Å². The van der Waals surface area contributed by atoms with E-state index in [1.54, 1.807) is 0 Å². The lowest BCUT2D eigenvalue weighted by Gasteiger charge is -2.01. The number of fused-ring (bicyclic) bond motifs is 1. The molecule has 2 aromatic carbocycles. The molecular weight excluding hydrogens is 260 g/mol. The van der Waals surface area contributed by atoms with E-state index in [0.717, 1.165) is 10.9 Å². The van der Waals surface area contributed by atoms with Crippen LogP contribution in [0.4, 0.5) is 0 Å². The molecular formula is C15H11Br. The molecule has 0 radical (unpaired) electrons. The molecule has 0 amide bonds. The molecule has 1 aliphatic carbocycles. The van der Waals surface area contributed by atoms with Crippen molar-refractivity contribution in [1.82, 2.24) is 0 Å². The van der Waals surface area contributed by atoms with E-state index in [4.69, 9.17) is 0 Å². The van der Waals surface area contributed by atoms with Crippen molar-refractivity contribution in [3.63, 3.8) is 0 Å². The summed E-state index contributed by atoms with van der Waals surface area (Å²) >= 11 is 3.51. The third-order valence-corrected chi connectivity index (χ3v) is 3.46. The van der Waals surface area contributed by atoms with Crippen molar-refractivity contribution >= 4 is 27.6 Å². The lowest BCUT2D eigenvalue weighted by atomic mass is 10.0. The summed E-state index contributed by atoms with van der Waals surface area (Å²) in [6.07, 6.45) is 3.34. The predicted molar refractivity (Wildman–Crippen MR) is 72.2 cm³/mol. The summed E-state index contributed by atoms with van der Waals surface area (Å²) in [7, 11) is 0.